The van der Waals surface area contributed by atoms with Crippen LogP contribution in [0.1, 0.15) is 206 Å². The van der Waals surface area contributed by atoms with Crippen molar-refractivity contribution in [1.29, 1.82) is 0 Å². The van der Waals surface area contributed by atoms with Gasteiger partial charge in [-0.2, -0.15) is 0 Å². The van der Waals surface area contributed by atoms with Crippen LogP contribution in [0, 0.1) is 0 Å². The van der Waals surface area contributed by atoms with E-state index in [0.717, 1.165) is 12.8 Å². The molecule has 38 heavy (non-hydrogen) atoms. The normalized spacial score (nSPS) is 11.5. The van der Waals surface area contributed by atoms with Crippen molar-refractivity contribution >= 4 is 5.97 Å². The van der Waals surface area contributed by atoms with Crippen LogP contribution >= 0.6 is 0 Å². The topological polar surface area (TPSA) is 26.3 Å². The van der Waals surface area contributed by atoms with E-state index in [0.29, 0.717) is 13.0 Å². The minimum atomic E-state index is 0.0208. The van der Waals surface area contributed by atoms with E-state index >= 15 is 0 Å². The van der Waals surface area contributed by atoms with E-state index in [4.69, 9.17) is 4.74 Å². The summed E-state index contributed by atoms with van der Waals surface area (Å²) in [6.45, 7) is 5.20. The number of hydrogen-bond donors (Lipinski definition) is 0. The van der Waals surface area contributed by atoms with Gasteiger partial charge in [0.15, 0.2) is 0 Å². The second-order valence-electron chi connectivity index (χ2n) is 11.9. The maximum atomic E-state index is 11.9. The molecule has 0 radical (unpaired) electrons. The van der Waals surface area contributed by atoms with E-state index in [1.165, 1.54) is 173 Å². The Kier molecular flexibility index (Phi) is 33.5. The molecule has 0 saturated carbocycles. The van der Waals surface area contributed by atoms with Gasteiger partial charge in [0.05, 0.1) is 6.61 Å². The van der Waals surface area contributed by atoms with Gasteiger partial charge in [0, 0.05) is 6.42 Å². The molecule has 0 bridgehead atoms. The van der Waals surface area contributed by atoms with Crippen molar-refractivity contribution in [3.8, 4) is 0 Å². The van der Waals surface area contributed by atoms with Crippen LogP contribution < -0.4 is 0 Å². The summed E-state index contributed by atoms with van der Waals surface area (Å²) >= 11 is 0. The van der Waals surface area contributed by atoms with Crippen molar-refractivity contribution in [2.45, 2.75) is 206 Å². The minimum Gasteiger partial charge on any atom is -0.466 e. The Hall–Kier alpha value is -0.790. The van der Waals surface area contributed by atoms with Crippen LogP contribution in [0.3, 0.4) is 0 Å². The molecular weight excluding hydrogens is 464 g/mol. The zero-order valence-corrected chi connectivity index (χ0v) is 26.4. The van der Waals surface area contributed by atoms with E-state index in [-0.39, 0.29) is 5.97 Å². The fraction of sp³-hybridized carbons (Fsp3) is 0.917. The second-order valence-corrected chi connectivity index (χ2v) is 11.9. The van der Waals surface area contributed by atoms with Gasteiger partial charge >= 0.3 is 5.97 Å². The molecule has 2 nitrogen and oxygen atoms in total. The van der Waals surface area contributed by atoms with Crippen molar-refractivity contribution in [3.05, 3.63) is 12.2 Å². The summed E-state index contributed by atoms with van der Waals surface area (Å²) in [6.07, 6.45) is 44.1. The average Bonchev–Trinajstić information content (AvgIpc) is 2.92. The van der Waals surface area contributed by atoms with E-state index < -0.39 is 0 Å². The number of unbranched alkanes of at least 4 members (excludes halogenated alkanes) is 26. The van der Waals surface area contributed by atoms with Crippen LogP contribution in [0.5, 0.6) is 0 Å². The first kappa shape index (κ1) is 37.2. The Balaban J connectivity index is 3.18. The van der Waals surface area contributed by atoms with Crippen LogP contribution in [0.2, 0.25) is 0 Å². The molecule has 0 aliphatic rings. The SMILES string of the molecule is CCCCCCCCC=CCCCCCCCCCC(=O)OCCCCCCCCCCCCCCCC. The van der Waals surface area contributed by atoms with Crippen LogP contribution in [-0.2, 0) is 9.53 Å². The Morgan fingerprint density at radius 2 is 0.737 bits per heavy atom. The maximum Gasteiger partial charge on any atom is 0.305 e. The molecule has 0 aromatic heterocycles. The minimum absolute atomic E-state index is 0.0208. The Morgan fingerprint density at radius 1 is 0.421 bits per heavy atom. The highest BCUT2D eigenvalue weighted by Crippen LogP contribution is 2.14. The van der Waals surface area contributed by atoms with Gasteiger partial charge in [-0.15, -0.1) is 0 Å². The van der Waals surface area contributed by atoms with Gasteiger partial charge in [-0.05, 0) is 38.5 Å². The molecule has 0 aliphatic heterocycles. The smallest absolute Gasteiger partial charge is 0.305 e. The van der Waals surface area contributed by atoms with Crippen LogP contribution in [0.15, 0.2) is 12.2 Å². The van der Waals surface area contributed by atoms with Gasteiger partial charge in [-0.25, -0.2) is 0 Å². The highest BCUT2D eigenvalue weighted by molar-refractivity contribution is 5.69. The number of hydrogen-bond acceptors (Lipinski definition) is 2. The second kappa shape index (κ2) is 34.2. The first-order valence-electron chi connectivity index (χ1n) is 17.6. The Labute approximate surface area is 240 Å². The lowest BCUT2D eigenvalue weighted by molar-refractivity contribution is -0.143. The Bertz CT molecular complexity index is 470. The lowest BCUT2D eigenvalue weighted by atomic mass is 10.0. The summed E-state index contributed by atoms with van der Waals surface area (Å²) in [5, 5.41) is 0. The first-order chi connectivity index (χ1) is 18.8. The lowest BCUT2D eigenvalue weighted by Gasteiger charge is -2.06. The Morgan fingerprint density at radius 3 is 1.13 bits per heavy atom. The third-order valence-corrected chi connectivity index (χ3v) is 7.90. The predicted octanol–water partition coefficient (Wildman–Crippen LogP) is 12.8. The quantitative estimate of drug-likeness (QED) is 0.0487. The molecule has 0 amide bonds. The van der Waals surface area contributed by atoms with Crippen molar-refractivity contribution < 1.29 is 9.53 Å². The highest BCUT2D eigenvalue weighted by atomic mass is 16.5. The molecule has 2 heteroatoms. The number of allylic oxidation sites excluding steroid dienone is 2. The molecular formula is C36H70O2. The van der Waals surface area contributed by atoms with Crippen molar-refractivity contribution in [3.63, 3.8) is 0 Å². The van der Waals surface area contributed by atoms with E-state index in [9.17, 15) is 4.79 Å². The summed E-state index contributed by atoms with van der Waals surface area (Å²) in [4.78, 5) is 11.9. The zero-order valence-electron chi connectivity index (χ0n) is 26.4. The van der Waals surface area contributed by atoms with Crippen molar-refractivity contribution in [2.24, 2.45) is 0 Å². The summed E-state index contributed by atoms with van der Waals surface area (Å²) in [5.41, 5.74) is 0. The molecule has 0 atom stereocenters. The van der Waals surface area contributed by atoms with Gasteiger partial charge in [0.2, 0.25) is 0 Å². The molecule has 0 rings (SSSR count). The number of ether oxygens (including phenoxy) is 1. The summed E-state index contributed by atoms with van der Waals surface area (Å²) < 4.78 is 5.43. The number of carbonyl (C=O) groups is 1. The molecule has 0 N–H and O–H groups in total. The van der Waals surface area contributed by atoms with E-state index in [1.807, 2.05) is 0 Å². The molecule has 0 aromatic carbocycles. The van der Waals surface area contributed by atoms with E-state index in [1.54, 1.807) is 0 Å². The third kappa shape index (κ3) is 33.2. The predicted molar refractivity (Wildman–Crippen MR) is 170 cm³/mol. The largest absolute Gasteiger partial charge is 0.466 e. The lowest BCUT2D eigenvalue weighted by Crippen LogP contribution is -2.05. The molecule has 226 valence electrons. The van der Waals surface area contributed by atoms with E-state index in [2.05, 4.69) is 26.0 Å². The van der Waals surface area contributed by atoms with Gasteiger partial charge in [-0.3, -0.25) is 4.79 Å². The van der Waals surface area contributed by atoms with Gasteiger partial charge in [-0.1, -0.05) is 174 Å². The summed E-state index contributed by atoms with van der Waals surface area (Å²) in [6, 6.07) is 0. The highest BCUT2D eigenvalue weighted by Gasteiger charge is 2.02. The maximum absolute atomic E-state index is 11.9. The fourth-order valence-corrected chi connectivity index (χ4v) is 5.25. The van der Waals surface area contributed by atoms with Gasteiger partial charge in [0.1, 0.15) is 0 Å². The van der Waals surface area contributed by atoms with Gasteiger partial charge in [0.25, 0.3) is 0 Å². The number of rotatable bonds is 32. The van der Waals surface area contributed by atoms with Crippen molar-refractivity contribution in [2.75, 3.05) is 6.61 Å². The van der Waals surface area contributed by atoms with Crippen LogP contribution in [0.4, 0.5) is 0 Å². The molecule has 0 aromatic rings. The molecule has 0 saturated heterocycles. The summed E-state index contributed by atoms with van der Waals surface area (Å²) in [5.74, 6) is 0.0208. The third-order valence-electron chi connectivity index (χ3n) is 7.90. The van der Waals surface area contributed by atoms with Gasteiger partial charge < -0.3 is 4.74 Å². The molecule has 0 aliphatic carbocycles. The zero-order chi connectivity index (χ0) is 27.6. The molecule has 0 spiro atoms. The molecule has 0 unspecified atom stereocenters. The summed E-state index contributed by atoms with van der Waals surface area (Å²) in [7, 11) is 0. The molecule has 0 fully saturated rings. The number of carbonyl (C=O) groups excluding carboxylic acids is 1. The van der Waals surface area contributed by atoms with Crippen molar-refractivity contribution in [1.82, 2.24) is 0 Å². The standard InChI is InChI=1S/C36H70O2/c1-3-5-7-9-11-13-15-17-19-20-21-22-24-26-28-30-32-34-36(37)38-35-33-31-29-27-25-23-18-16-14-12-10-8-6-4-2/h17,19H,3-16,18,20-35H2,1-2H3. The van der Waals surface area contributed by atoms with Crippen LogP contribution in [-0.4, -0.2) is 12.6 Å². The number of esters is 1. The average molecular weight is 535 g/mol. The molecule has 0 heterocycles. The fourth-order valence-electron chi connectivity index (χ4n) is 5.25. The van der Waals surface area contributed by atoms with Crippen LogP contribution in [0.25, 0.3) is 0 Å². The first-order valence-corrected chi connectivity index (χ1v) is 17.6. The monoisotopic (exact) mass is 535 g/mol.